The van der Waals surface area contributed by atoms with Gasteiger partial charge < -0.3 is 10.6 Å². The summed E-state index contributed by atoms with van der Waals surface area (Å²) in [5, 5.41) is 18.0. The zero-order valence-electron chi connectivity index (χ0n) is 16.8. The van der Waals surface area contributed by atoms with Crippen LogP contribution >= 0.6 is 22.9 Å². The largest absolute Gasteiger partial charge is 0.326 e. The zero-order valence-corrected chi connectivity index (χ0v) is 18.3. The fraction of sp³-hybridized carbons (Fsp3) is 0.238. The molecule has 3 amide bonds. The lowest BCUT2D eigenvalue weighted by Crippen LogP contribution is -2.48. The van der Waals surface area contributed by atoms with Crippen LogP contribution in [0.4, 0.5) is 15.6 Å². The van der Waals surface area contributed by atoms with Crippen molar-refractivity contribution in [3.63, 3.8) is 0 Å². The van der Waals surface area contributed by atoms with Crippen molar-refractivity contribution in [2.24, 2.45) is 5.92 Å². The number of hydrogen-bond donors (Lipinski definition) is 3. The molecule has 3 rings (SSSR count). The third kappa shape index (κ3) is 5.77. The standard InChI is InChI=1S/C21H22ClN5O2S/c1-12(2)17(24-20(29)23-16-9-7-15(22)8-10-16)18(28)25-21-27-26-19(30-21)14-6-4-5-13(3)11-14/h4-12,17H,1-3H3,(H2,23,24,29)(H,25,27,28). The number of nitrogens with one attached hydrogen (secondary N) is 3. The van der Waals surface area contributed by atoms with Gasteiger partial charge >= 0.3 is 6.03 Å². The molecule has 0 saturated heterocycles. The lowest BCUT2D eigenvalue weighted by Gasteiger charge is -2.21. The van der Waals surface area contributed by atoms with Gasteiger partial charge in [0.05, 0.1) is 0 Å². The minimum absolute atomic E-state index is 0.134. The molecule has 0 aliphatic rings. The average Bonchev–Trinajstić information content (AvgIpc) is 3.16. The lowest BCUT2D eigenvalue weighted by molar-refractivity contribution is -0.118. The highest BCUT2D eigenvalue weighted by atomic mass is 35.5. The summed E-state index contributed by atoms with van der Waals surface area (Å²) in [7, 11) is 0. The Balaban J connectivity index is 1.64. The molecule has 156 valence electrons. The van der Waals surface area contributed by atoms with Crippen molar-refractivity contribution in [1.82, 2.24) is 15.5 Å². The third-order valence-corrected chi connectivity index (χ3v) is 5.40. The first-order valence-electron chi connectivity index (χ1n) is 9.36. The summed E-state index contributed by atoms with van der Waals surface area (Å²) in [5.74, 6) is -0.492. The highest BCUT2D eigenvalue weighted by Gasteiger charge is 2.25. The molecule has 1 unspecified atom stereocenters. The van der Waals surface area contributed by atoms with Gasteiger partial charge in [0.1, 0.15) is 11.0 Å². The predicted octanol–water partition coefficient (Wildman–Crippen LogP) is 4.95. The summed E-state index contributed by atoms with van der Waals surface area (Å²) in [6.07, 6.45) is 0. The van der Waals surface area contributed by atoms with Crippen molar-refractivity contribution < 1.29 is 9.59 Å². The Morgan fingerprint density at radius 2 is 1.77 bits per heavy atom. The highest BCUT2D eigenvalue weighted by molar-refractivity contribution is 7.18. The summed E-state index contributed by atoms with van der Waals surface area (Å²) in [6.45, 7) is 5.71. The van der Waals surface area contributed by atoms with Crippen LogP contribution in [-0.4, -0.2) is 28.2 Å². The molecule has 1 heterocycles. The molecule has 0 radical (unpaired) electrons. The first-order chi connectivity index (χ1) is 14.3. The molecule has 0 bridgehead atoms. The Kier molecular flexibility index (Phi) is 7.02. The molecule has 0 spiro atoms. The Morgan fingerprint density at radius 1 is 1.03 bits per heavy atom. The Bertz CT molecular complexity index is 1040. The van der Waals surface area contributed by atoms with Crippen LogP contribution in [-0.2, 0) is 4.79 Å². The number of rotatable bonds is 6. The van der Waals surface area contributed by atoms with Gasteiger partial charge in [-0.25, -0.2) is 4.79 Å². The van der Waals surface area contributed by atoms with Crippen molar-refractivity contribution in [2.75, 3.05) is 10.6 Å². The van der Waals surface area contributed by atoms with Gasteiger partial charge in [-0.15, -0.1) is 10.2 Å². The van der Waals surface area contributed by atoms with E-state index in [9.17, 15) is 9.59 Å². The average molecular weight is 444 g/mol. The molecule has 9 heteroatoms. The highest BCUT2D eigenvalue weighted by Crippen LogP contribution is 2.27. The summed E-state index contributed by atoms with van der Waals surface area (Å²) in [6, 6.07) is 13.4. The number of amides is 3. The van der Waals surface area contributed by atoms with Gasteiger partial charge in [0.25, 0.3) is 0 Å². The van der Waals surface area contributed by atoms with E-state index in [2.05, 4.69) is 26.1 Å². The van der Waals surface area contributed by atoms with E-state index in [-0.39, 0.29) is 11.8 Å². The molecule has 1 atom stereocenters. The molecule has 7 nitrogen and oxygen atoms in total. The SMILES string of the molecule is Cc1cccc(-c2nnc(NC(=O)C(NC(=O)Nc3ccc(Cl)cc3)C(C)C)s2)c1. The molecular formula is C21H22ClN5O2S. The van der Waals surface area contributed by atoms with Crippen LogP contribution < -0.4 is 16.0 Å². The van der Waals surface area contributed by atoms with Gasteiger partial charge in [-0.3, -0.25) is 10.1 Å². The Morgan fingerprint density at radius 3 is 2.43 bits per heavy atom. The van der Waals surface area contributed by atoms with Crippen molar-refractivity contribution in [2.45, 2.75) is 26.8 Å². The molecule has 0 aliphatic carbocycles. The quantitative estimate of drug-likeness (QED) is 0.502. The normalized spacial score (nSPS) is 11.8. The van der Waals surface area contributed by atoms with E-state index < -0.39 is 12.1 Å². The number of carbonyl (C=O) groups is 2. The van der Waals surface area contributed by atoms with E-state index in [1.54, 1.807) is 24.3 Å². The number of aryl methyl sites for hydroxylation is 1. The Labute approximate surface area is 183 Å². The number of hydrogen-bond acceptors (Lipinski definition) is 5. The van der Waals surface area contributed by atoms with Crippen molar-refractivity contribution >= 4 is 45.7 Å². The summed E-state index contributed by atoms with van der Waals surface area (Å²) in [5.41, 5.74) is 2.63. The maximum atomic E-state index is 12.8. The maximum absolute atomic E-state index is 12.8. The second-order valence-electron chi connectivity index (χ2n) is 7.10. The number of benzene rings is 2. The van der Waals surface area contributed by atoms with Crippen LogP contribution in [0.5, 0.6) is 0 Å². The van der Waals surface area contributed by atoms with E-state index in [1.807, 2.05) is 45.0 Å². The van der Waals surface area contributed by atoms with Crippen LogP contribution in [0, 0.1) is 12.8 Å². The molecule has 3 N–H and O–H groups in total. The third-order valence-electron chi connectivity index (χ3n) is 4.26. The number of anilines is 2. The van der Waals surface area contributed by atoms with Crippen LogP contribution in [0.2, 0.25) is 5.02 Å². The van der Waals surface area contributed by atoms with Gasteiger partial charge in [-0.2, -0.15) is 0 Å². The van der Waals surface area contributed by atoms with Gasteiger partial charge in [0, 0.05) is 16.3 Å². The van der Waals surface area contributed by atoms with E-state index in [0.717, 1.165) is 11.1 Å². The van der Waals surface area contributed by atoms with Gasteiger partial charge in [0.15, 0.2) is 0 Å². The monoisotopic (exact) mass is 443 g/mol. The number of carbonyl (C=O) groups excluding carboxylic acids is 2. The van der Waals surface area contributed by atoms with Crippen molar-refractivity contribution in [1.29, 1.82) is 0 Å². The fourth-order valence-corrected chi connectivity index (χ4v) is 3.60. The van der Waals surface area contributed by atoms with E-state index >= 15 is 0 Å². The Hall–Kier alpha value is -2.97. The first-order valence-corrected chi connectivity index (χ1v) is 10.6. The minimum Gasteiger partial charge on any atom is -0.326 e. The summed E-state index contributed by atoms with van der Waals surface area (Å²) in [4.78, 5) is 25.1. The minimum atomic E-state index is -0.747. The molecule has 0 saturated carbocycles. The lowest BCUT2D eigenvalue weighted by atomic mass is 10.0. The molecule has 0 aliphatic heterocycles. The van der Waals surface area contributed by atoms with E-state index in [0.29, 0.717) is 20.8 Å². The summed E-state index contributed by atoms with van der Waals surface area (Å²) >= 11 is 7.13. The van der Waals surface area contributed by atoms with Crippen molar-refractivity contribution in [3.05, 3.63) is 59.1 Å². The van der Waals surface area contributed by atoms with Gasteiger partial charge in [-0.1, -0.05) is 60.5 Å². The van der Waals surface area contributed by atoms with Gasteiger partial charge in [-0.05, 0) is 43.2 Å². The predicted molar refractivity (Wildman–Crippen MR) is 121 cm³/mol. The molecular weight excluding hydrogens is 422 g/mol. The topological polar surface area (TPSA) is 96.0 Å². The number of urea groups is 1. The summed E-state index contributed by atoms with van der Waals surface area (Å²) < 4.78 is 0. The smallest absolute Gasteiger partial charge is 0.319 e. The number of nitrogens with zero attached hydrogens (tertiary/aromatic N) is 2. The molecule has 0 fully saturated rings. The van der Waals surface area contributed by atoms with Crippen LogP contribution in [0.25, 0.3) is 10.6 Å². The maximum Gasteiger partial charge on any atom is 0.319 e. The molecule has 2 aromatic carbocycles. The second kappa shape index (κ2) is 9.69. The first kappa shape index (κ1) is 21.7. The molecule has 1 aromatic heterocycles. The van der Waals surface area contributed by atoms with E-state index in [1.165, 1.54) is 11.3 Å². The molecule has 3 aromatic rings. The van der Waals surface area contributed by atoms with E-state index in [4.69, 9.17) is 11.6 Å². The van der Waals surface area contributed by atoms with Crippen LogP contribution in [0.15, 0.2) is 48.5 Å². The second-order valence-corrected chi connectivity index (χ2v) is 8.51. The number of halogens is 1. The number of aromatic nitrogens is 2. The van der Waals surface area contributed by atoms with Crippen LogP contribution in [0.1, 0.15) is 19.4 Å². The zero-order chi connectivity index (χ0) is 21.7. The fourth-order valence-electron chi connectivity index (χ4n) is 2.73. The van der Waals surface area contributed by atoms with Crippen LogP contribution in [0.3, 0.4) is 0 Å². The molecule has 30 heavy (non-hydrogen) atoms. The van der Waals surface area contributed by atoms with Crippen molar-refractivity contribution in [3.8, 4) is 10.6 Å². The van der Waals surface area contributed by atoms with Gasteiger partial charge in [0.2, 0.25) is 11.0 Å².